The summed E-state index contributed by atoms with van der Waals surface area (Å²) in [5.74, 6) is -0.0466. The number of nitrogens with zero attached hydrogens (tertiary/aromatic N) is 3. The minimum absolute atomic E-state index is 0.0263. The number of rotatable bonds is 7. The van der Waals surface area contributed by atoms with Crippen LogP contribution in [0.1, 0.15) is 31.4 Å². The van der Waals surface area contributed by atoms with E-state index < -0.39 is 9.84 Å². The zero-order valence-corrected chi connectivity index (χ0v) is 18.0. The van der Waals surface area contributed by atoms with Crippen molar-refractivity contribution >= 4 is 9.84 Å². The fraction of sp³-hybridized carbons (Fsp3) is 0.571. The van der Waals surface area contributed by atoms with Gasteiger partial charge < -0.3 is 14.0 Å². The molecule has 7 nitrogen and oxygen atoms in total. The van der Waals surface area contributed by atoms with E-state index in [4.69, 9.17) is 9.47 Å². The SMILES string of the molecule is CS(=O)(=O)c1ncc(CN2CCC(Oc3ccccc3F)CC2)n1C[C@@H]1CCCO1. The molecule has 2 aliphatic heterocycles. The minimum Gasteiger partial charge on any atom is -0.487 e. The van der Waals surface area contributed by atoms with Gasteiger partial charge in [-0.2, -0.15) is 0 Å². The number of imidazole rings is 1. The number of hydrogen-bond acceptors (Lipinski definition) is 6. The second-order valence-electron chi connectivity index (χ2n) is 8.07. The van der Waals surface area contributed by atoms with Crippen molar-refractivity contribution in [3.8, 4) is 5.75 Å². The van der Waals surface area contributed by atoms with Crippen LogP contribution in [0.15, 0.2) is 35.6 Å². The highest BCUT2D eigenvalue weighted by Gasteiger charge is 2.26. The van der Waals surface area contributed by atoms with E-state index in [-0.39, 0.29) is 23.2 Å². The molecule has 1 atom stereocenters. The highest BCUT2D eigenvalue weighted by atomic mass is 32.2. The van der Waals surface area contributed by atoms with Gasteiger partial charge in [0, 0.05) is 32.5 Å². The van der Waals surface area contributed by atoms with Gasteiger partial charge in [0.05, 0.1) is 24.5 Å². The number of benzene rings is 1. The Labute approximate surface area is 176 Å². The lowest BCUT2D eigenvalue weighted by Gasteiger charge is -2.32. The van der Waals surface area contributed by atoms with E-state index in [1.165, 1.54) is 12.3 Å². The first-order valence-electron chi connectivity index (χ1n) is 10.4. The van der Waals surface area contributed by atoms with E-state index in [2.05, 4.69) is 9.88 Å². The van der Waals surface area contributed by atoms with Gasteiger partial charge in [-0.1, -0.05) is 12.1 Å². The molecular weight excluding hydrogens is 409 g/mol. The van der Waals surface area contributed by atoms with Crippen molar-refractivity contribution in [2.75, 3.05) is 26.0 Å². The largest absolute Gasteiger partial charge is 0.487 e. The minimum atomic E-state index is -3.42. The van der Waals surface area contributed by atoms with Crippen LogP contribution >= 0.6 is 0 Å². The molecule has 2 fully saturated rings. The Hall–Kier alpha value is -1.97. The molecule has 0 radical (unpaired) electrons. The molecule has 164 valence electrons. The molecule has 4 rings (SSSR count). The third kappa shape index (κ3) is 5.01. The Morgan fingerprint density at radius 2 is 2.00 bits per heavy atom. The van der Waals surface area contributed by atoms with Gasteiger partial charge in [0.15, 0.2) is 11.6 Å². The quantitative estimate of drug-likeness (QED) is 0.663. The van der Waals surface area contributed by atoms with Crippen molar-refractivity contribution < 1.29 is 22.3 Å². The Balaban J connectivity index is 1.40. The molecule has 0 bridgehead atoms. The van der Waals surface area contributed by atoms with E-state index in [0.29, 0.717) is 18.8 Å². The summed E-state index contributed by atoms with van der Waals surface area (Å²) in [6.07, 6.45) is 6.35. The summed E-state index contributed by atoms with van der Waals surface area (Å²) >= 11 is 0. The second-order valence-corrected chi connectivity index (χ2v) is 9.98. The number of ether oxygens (including phenoxy) is 2. The van der Waals surface area contributed by atoms with Crippen LogP contribution in [0.2, 0.25) is 0 Å². The molecule has 9 heteroatoms. The fourth-order valence-corrected chi connectivity index (χ4v) is 4.97. The van der Waals surface area contributed by atoms with Crippen molar-refractivity contribution in [2.45, 2.75) is 56.1 Å². The first-order chi connectivity index (χ1) is 14.4. The molecule has 2 saturated heterocycles. The van der Waals surface area contributed by atoms with Gasteiger partial charge >= 0.3 is 0 Å². The molecule has 1 aromatic carbocycles. The Morgan fingerprint density at radius 1 is 1.23 bits per heavy atom. The topological polar surface area (TPSA) is 73.7 Å². The van der Waals surface area contributed by atoms with E-state index >= 15 is 0 Å². The maximum Gasteiger partial charge on any atom is 0.227 e. The standard InChI is InChI=1S/C21H28FN3O4S/c1-30(26,27)21-23-13-16(25(21)15-18-5-4-12-28-18)14-24-10-8-17(9-11-24)29-20-7-3-2-6-19(20)22/h2-3,6-7,13,17-18H,4-5,8-12,14-15H2,1H3/t18-/m0/s1. The number of sulfone groups is 1. The predicted octanol–water partition coefficient (Wildman–Crippen LogP) is 2.65. The summed E-state index contributed by atoms with van der Waals surface area (Å²) in [6.45, 7) is 3.42. The van der Waals surface area contributed by atoms with Crippen molar-refractivity contribution in [2.24, 2.45) is 0 Å². The highest BCUT2D eigenvalue weighted by Crippen LogP contribution is 2.24. The Morgan fingerprint density at radius 3 is 2.67 bits per heavy atom. The summed E-state index contributed by atoms with van der Waals surface area (Å²) in [5, 5.41) is 0.103. The van der Waals surface area contributed by atoms with Gasteiger partial charge in [-0.3, -0.25) is 4.90 Å². The van der Waals surface area contributed by atoms with Crippen LogP contribution in [0.5, 0.6) is 5.75 Å². The first kappa shape index (κ1) is 21.3. The van der Waals surface area contributed by atoms with Crippen LogP contribution < -0.4 is 4.74 Å². The van der Waals surface area contributed by atoms with Crippen molar-refractivity contribution in [3.05, 3.63) is 42.0 Å². The molecule has 30 heavy (non-hydrogen) atoms. The Bertz CT molecular complexity index is 964. The van der Waals surface area contributed by atoms with E-state index in [1.54, 1.807) is 29.0 Å². The second kappa shape index (κ2) is 9.03. The average Bonchev–Trinajstić information content (AvgIpc) is 3.36. The van der Waals surface area contributed by atoms with E-state index in [9.17, 15) is 12.8 Å². The zero-order valence-electron chi connectivity index (χ0n) is 17.2. The molecule has 0 N–H and O–H groups in total. The summed E-state index contributed by atoms with van der Waals surface area (Å²) in [5.41, 5.74) is 0.874. The third-order valence-electron chi connectivity index (χ3n) is 5.69. The number of halogens is 1. The van der Waals surface area contributed by atoms with Crippen LogP contribution in [-0.4, -0.2) is 61.0 Å². The molecule has 0 aliphatic carbocycles. The van der Waals surface area contributed by atoms with Crippen molar-refractivity contribution in [1.29, 1.82) is 0 Å². The van der Waals surface area contributed by atoms with Gasteiger partial charge in [-0.05, 0) is 37.8 Å². The molecule has 0 spiro atoms. The molecular formula is C21H28FN3O4S. The molecule has 3 heterocycles. The summed E-state index contributed by atoms with van der Waals surface area (Å²) < 4.78 is 51.5. The Kier molecular flexibility index (Phi) is 6.40. The van der Waals surface area contributed by atoms with Crippen LogP contribution in [-0.2, 0) is 27.7 Å². The van der Waals surface area contributed by atoms with Crippen LogP contribution in [0.3, 0.4) is 0 Å². The lowest BCUT2D eigenvalue weighted by molar-refractivity contribution is 0.0854. The number of para-hydroxylation sites is 1. The summed E-state index contributed by atoms with van der Waals surface area (Å²) in [7, 11) is -3.42. The van der Waals surface area contributed by atoms with Gasteiger partial charge in [0.25, 0.3) is 0 Å². The third-order valence-corrected chi connectivity index (χ3v) is 6.68. The maximum absolute atomic E-state index is 13.8. The number of hydrogen-bond donors (Lipinski definition) is 0. The molecule has 1 aromatic heterocycles. The van der Waals surface area contributed by atoms with Gasteiger partial charge in [-0.15, -0.1) is 0 Å². The van der Waals surface area contributed by atoms with Crippen molar-refractivity contribution in [1.82, 2.24) is 14.5 Å². The molecule has 2 aromatic rings. The lowest BCUT2D eigenvalue weighted by Crippen LogP contribution is -2.38. The smallest absolute Gasteiger partial charge is 0.227 e. The number of piperidine rings is 1. The van der Waals surface area contributed by atoms with Crippen LogP contribution in [0.25, 0.3) is 0 Å². The number of aromatic nitrogens is 2. The van der Waals surface area contributed by atoms with Gasteiger partial charge in [0.2, 0.25) is 15.0 Å². The van der Waals surface area contributed by atoms with Gasteiger partial charge in [-0.25, -0.2) is 17.8 Å². The molecule has 0 saturated carbocycles. The predicted molar refractivity (Wildman–Crippen MR) is 110 cm³/mol. The highest BCUT2D eigenvalue weighted by molar-refractivity contribution is 7.90. The molecule has 0 amide bonds. The number of likely N-dealkylation sites (tertiary alicyclic amines) is 1. The van der Waals surface area contributed by atoms with E-state index in [1.807, 2.05) is 0 Å². The van der Waals surface area contributed by atoms with Gasteiger partial charge in [0.1, 0.15) is 6.10 Å². The molecule has 0 unspecified atom stereocenters. The summed E-state index contributed by atoms with van der Waals surface area (Å²) in [6, 6.07) is 6.47. The lowest BCUT2D eigenvalue weighted by atomic mass is 10.1. The maximum atomic E-state index is 13.8. The monoisotopic (exact) mass is 437 g/mol. The fourth-order valence-electron chi connectivity index (χ4n) is 4.14. The van der Waals surface area contributed by atoms with E-state index in [0.717, 1.165) is 51.1 Å². The summed E-state index contributed by atoms with van der Waals surface area (Å²) in [4.78, 5) is 6.46. The average molecular weight is 438 g/mol. The normalized spacial score (nSPS) is 21.2. The van der Waals surface area contributed by atoms with Crippen LogP contribution in [0.4, 0.5) is 4.39 Å². The first-order valence-corrected chi connectivity index (χ1v) is 12.3. The van der Waals surface area contributed by atoms with Crippen LogP contribution in [0, 0.1) is 5.82 Å². The van der Waals surface area contributed by atoms with Crippen molar-refractivity contribution in [3.63, 3.8) is 0 Å². The zero-order chi connectivity index (χ0) is 21.1. The molecule has 2 aliphatic rings.